The van der Waals surface area contributed by atoms with Gasteiger partial charge in [-0.05, 0) is 6.42 Å². The second kappa shape index (κ2) is 9.79. The number of nitrogens with one attached hydrogen (secondary N) is 1. The Balaban J connectivity index is 0. The number of imidazole rings is 1. The van der Waals surface area contributed by atoms with Crippen LogP contribution in [-0.4, -0.2) is 30.5 Å². The average molecular weight is 308 g/mol. The number of hydrogen-bond donors (Lipinski definition) is 1. The summed E-state index contributed by atoms with van der Waals surface area (Å²) >= 11 is 0. The highest BCUT2D eigenvalue weighted by Crippen LogP contribution is 2.06. The Labute approximate surface area is 109 Å². The largest absolute Gasteiger partial charge is 0.673 e. The highest BCUT2D eigenvalue weighted by Gasteiger charge is 2.20. The average Bonchev–Trinajstić information content (AvgIpc) is 2.63. The molecule has 0 amide bonds. The number of aromatic nitrogens is 2. The zero-order valence-corrected chi connectivity index (χ0v) is 11.4. The molecule has 19 heavy (non-hydrogen) atoms. The van der Waals surface area contributed by atoms with E-state index in [1.165, 1.54) is 0 Å². The van der Waals surface area contributed by atoms with Gasteiger partial charge in [0.25, 0.3) is 10.1 Å². The Bertz CT molecular complexity index is 402. The summed E-state index contributed by atoms with van der Waals surface area (Å²) in [4.78, 5) is 2.89. The van der Waals surface area contributed by atoms with Crippen molar-refractivity contribution in [3.63, 3.8) is 0 Å². The van der Waals surface area contributed by atoms with Gasteiger partial charge in [0.15, 0.2) is 0 Å². The van der Waals surface area contributed by atoms with Crippen LogP contribution in [0.2, 0.25) is 0 Å². The predicted octanol–water partition coefficient (Wildman–Crippen LogP) is 1.81. The molecule has 1 aromatic heterocycles. The molecular weight excluding hydrogens is 291 g/mol. The fourth-order valence-electron chi connectivity index (χ4n) is 0.691. The molecule has 11 heteroatoms. The van der Waals surface area contributed by atoms with E-state index in [2.05, 4.69) is 4.98 Å². The third-order valence-corrected chi connectivity index (χ3v) is 2.24. The molecule has 0 aliphatic rings. The molecule has 114 valence electrons. The second-order valence-corrected chi connectivity index (χ2v) is 4.98. The number of aryl methyl sites for hydroxylation is 1. The van der Waals surface area contributed by atoms with Gasteiger partial charge >= 0.3 is 7.25 Å². The number of halogens is 4. The van der Waals surface area contributed by atoms with E-state index in [9.17, 15) is 25.7 Å². The SMILES string of the molecule is CCCCS(=O)(=O)O.Cn1cc[nH+]c1.F[B-](F)(F)F. The molecule has 0 bridgehead atoms. The van der Waals surface area contributed by atoms with Crippen LogP contribution in [0.5, 0.6) is 0 Å². The molecular formula is C8H17BF4N2O3S. The summed E-state index contributed by atoms with van der Waals surface area (Å²) in [6.07, 6.45) is 7.03. The van der Waals surface area contributed by atoms with Crippen molar-refractivity contribution in [3.8, 4) is 0 Å². The van der Waals surface area contributed by atoms with Crippen molar-refractivity contribution in [3.05, 3.63) is 18.7 Å². The monoisotopic (exact) mass is 308 g/mol. The number of nitrogens with zero attached hydrogens (tertiary/aromatic N) is 1. The van der Waals surface area contributed by atoms with Gasteiger partial charge in [0.2, 0.25) is 6.33 Å². The lowest BCUT2D eigenvalue weighted by molar-refractivity contribution is -0.377. The summed E-state index contributed by atoms with van der Waals surface area (Å²) in [6, 6.07) is 0. The topological polar surface area (TPSA) is 73.4 Å². The van der Waals surface area contributed by atoms with Crippen LogP contribution in [0, 0.1) is 0 Å². The van der Waals surface area contributed by atoms with Gasteiger partial charge in [0.05, 0.1) is 12.8 Å². The van der Waals surface area contributed by atoms with Crippen LogP contribution in [0.3, 0.4) is 0 Å². The minimum absolute atomic E-state index is 0.108. The number of aromatic amines is 1. The standard InChI is InChI=1S/C4H6N2.C4H10O3S.BF4/c1-6-3-2-5-4-6;1-2-3-4-8(5,6)7;2-1(3,4)5/h2-4H,1H3;2-4H2,1H3,(H,5,6,7);/q;;-1/p+1. The fourth-order valence-corrected chi connectivity index (χ4v) is 1.34. The third kappa shape index (κ3) is 31.6. The summed E-state index contributed by atoms with van der Waals surface area (Å²) in [5.41, 5.74) is 0. The molecule has 0 aliphatic carbocycles. The first-order valence-electron chi connectivity index (χ1n) is 5.26. The van der Waals surface area contributed by atoms with E-state index >= 15 is 0 Å². The van der Waals surface area contributed by atoms with E-state index < -0.39 is 17.4 Å². The highest BCUT2D eigenvalue weighted by molar-refractivity contribution is 7.85. The van der Waals surface area contributed by atoms with Crippen LogP contribution in [0.4, 0.5) is 17.3 Å². The summed E-state index contributed by atoms with van der Waals surface area (Å²) in [6.45, 7) is 1.87. The second-order valence-electron chi connectivity index (χ2n) is 3.41. The maximum atomic E-state index is 9.95. The molecule has 0 aliphatic heterocycles. The molecule has 2 N–H and O–H groups in total. The normalized spacial score (nSPS) is 10.9. The van der Waals surface area contributed by atoms with Crippen LogP contribution >= 0.6 is 0 Å². The minimum Gasteiger partial charge on any atom is -0.418 e. The van der Waals surface area contributed by atoms with Crippen LogP contribution in [-0.2, 0) is 17.2 Å². The molecule has 1 heterocycles. The Morgan fingerprint density at radius 3 is 1.89 bits per heavy atom. The lowest BCUT2D eigenvalue weighted by Crippen LogP contribution is -2.02. The summed E-state index contributed by atoms with van der Waals surface area (Å²) in [7, 11) is -7.72. The highest BCUT2D eigenvalue weighted by atomic mass is 32.2. The maximum absolute atomic E-state index is 9.95. The zero-order valence-electron chi connectivity index (χ0n) is 10.6. The van der Waals surface area contributed by atoms with Gasteiger partial charge in [0, 0.05) is 0 Å². The first kappa shape index (κ1) is 20.2. The number of rotatable bonds is 3. The Hall–Kier alpha value is -1.10. The van der Waals surface area contributed by atoms with E-state index in [1.54, 1.807) is 0 Å². The zero-order chi connectivity index (χ0) is 15.5. The predicted molar refractivity (Wildman–Crippen MR) is 63.5 cm³/mol. The molecule has 5 nitrogen and oxygen atoms in total. The van der Waals surface area contributed by atoms with Crippen LogP contribution in [0.15, 0.2) is 18.7 Å². The van der Waals surface area contributed by atoms with Crippen LogP contribution in [0.1, 0.15) is 19.8 Å². The first-order valence-corrected chi connectivity index (χ1v) is 6.87. The molecule has 0 atom stereocenters. The lowest BCUT2D eigenvalue weighted by Gasteiger charge is -1.94. The summed E-state index contributed by atoms with van der Waals surface area (Å²) in [5, 5.41) is 0. The van der Waals surface area contributed by atoms with E-state index in [0.717, 1.165) is 6.42 Å². The first-order chi connectivity index (χ1) is 8.45. The van der Waals surface area contributed by atoms with Crippen molar-refractivity contribution in [2.24, 2.45) is 7.05 Å². The molecule has 1 rings (SSSR count). The van der Waals surface area contributed by atoms with Crippen molar-refractivity contribution in [2.45, 2.75) is 19.8 Å². The Morgan fingerprint density at radius 2 is 1.79 bits per heavy atom. The molecule has 0 radical (unpaired) electrons. The number of hydrogen-bond acceptors (Lipinski definition) is 2. The fraction of sp³-hybridized carbons (Fsp3) is 0.625. The van der Waals surface area contributed by atoms with Gasteiger partial charge < -0.3 is 17.3 Å². The number of H-pyrrole nitrogens is 1. The Kier molecular flexibility index (Phi) is 10.4. The van der Waals surface area contributed by atoms with Gasteiger partial charge in [-0.25, -0.2) is 4.57 Å². The van der Waals surface area contributed by atoms with E-state index in [1.807, 2.05) is 37.3 Å². The van der Waals surface area contributed by atoms with Crippen LogP contribution < -0.4 is 4.98 Å². The summed E-state index contributed by atoms with van der Waals surface area (Å²) in [5.74, 6) is -0.108. The van der Waals surface area contributed by atoms with Gasteiger partial charge in [0.1, 0.15) is 12.4 Å². The quantitative estimate of drug-likeness (QED) is 0.526. The molecule has 0 unspecified atom stereocenters. The smallest absolute Gasteiger partial charge is 0.418 e. The molecule has 1 aromatic rings. The Morgan fingerprint density at radius 1 is 1.32 bits per heavy atom. The van der Waals surface area contributed by atoms with Crippen LogP contribution in [0.25, 0.3) is 0 Å². The molecule has 0 spiro atoms. The van der Waals surface area contributed by atoms with Gasteiger partial charge in [-0.1, -0.05) is 13.3 Å². The summed E-state index contributed by atoms with van der Waals surface area (Å²) < 4.78 is 69.0. The van der Waals surface area contributed by atoms with Crippen molar-refractivity contribution in [1.29, 1.82) is 0 Å². The van der Waals surface area contributed by atoms with Crippen molar-refractivity contribution >= 4 is 17.4 Å². The number of unbranched alkanes of at least 4 members (excludes halogenated alkanes) is 1. The maximum Gasteiger partial charge on any atom is 0.673 e. The van der Waals surface area contributed by atoms with E-state index in [-0.39, 0.29) is 5.75 Å². The van der Waals surface area contributed by atoms with Crippen molar-refractivity contribution in [1.82, 2.24) is 4.57 Å². The van der Waals surface area contributed by atoms with Gasteiger partial charge in [-0.3, -0.25) is 9.54 Å². The molecule has 0 fully saturated rings. The molecule has 0 saturated carbocycles. The molecule has 0 aromatic carbocycles. The van der Waals surface area contributed by atoms with E-state index in [0.29, 0.717) is 6.42 Å². The van der Waals surface area contributed by atoms with E-state index in [4.69, 9.17) is 4.55 Å². The lowest BCUT2D eigenvalue weighted by atomic mass is 10.3. The molecule has 0 saturated heterocycles. The van der Waals surface area contributed by atoms with Crippen molar-refractivity contribution < 1.29 is 35.2 Å². The van der Waals surface area contributed by atoms with Gasteiger partial charge in [-0.15, -0.1) is 0 Å². The third-order valence-electron chi connectivity index (χ3n) is 1.44. The van der Waals surface area contributed by atoms with Crippen molar-refractivity contribution in [2.75, 3.05) is 5.75 Å². The van der Waals surface area contributed by atoms with Gasteiger partial charge in [-0.2, -0.15) is 8.42 Å². The minimum atomic E-state index is -6.00.